The molecule has 1 saturated carbocycles. The summed E-state index contributed by atoms with van der Waals surface area (Å²) in [6.07, 6.45) is 5.06. The van der Waals surface area contributed by atoms with Crippen LogP contribution in [0.15, 0.2) is 0 Å². The molecular formula is C13H22N4O. The zero-order chi connectivity index (χ0) is 13.1. The van der Waals surface area contributed by atoms with Gasteiger partial charge in [0.25, 0.3) is 5.91 Å². The molecule has 2 unspecified atom stereocenters. The number of aromatic nitrogens is 2. The number of nitrogens with one attached hydrogen (secondary N) is 2. The molecule has 0 aliphatic heterocycles. The summed E-state index contributed by atoms with van der Waals surface area (Å²) in [6.45, 7) is 4.80. The Balaban J connectivity index is 1.90. The van der Waals surface area contributed by atoms with Crippen molar-refractivity contribution in [3.8, 4) is 0 Å². The zero-order valence-electron chi connectivity index (χ0n) is 11.1. The standard InChI is InChI=1S/C13H22N4O/c1-8-5-3-4-6-10(8)7-15-13(18)12-11(14)9(2)16-17-12/h8,10H,3-7,14H2,1-2H3,(H,15,18)(H,16,17). The number of aromatic amines is 1. The summed E-state index contributed by atoms with van der Waals surface area (Å²) in [6, 6.07) is 0. The van der Waals surface area contributed by atoms with Gasteiger partial charge in [-0.3, -0.25) is 9.89 Å². The Morgan fingerprint density at radius 3 is 2.83 bits per heavy atom. The molecule has 2 atom stereocenters. The number of nitrogen functional groups attached to an aromatic ring is 1. The number of aryl methyl sites for hydroxylation is 1. The van der Waals surface area contributed by atoms with Gasteiger partial charge in [-0.25, -0.2) is 0 Å². The Bertz CT molecular complexity index is 427. The van der Waals surface area contributed by atoms with Gasteiger partial charge in [0.05, 0.1) is 11.4 Å². The van der Waals surface area contributed by atoms with Gasteiger partial charge in [0, 0.05) is 6.54 Å². The number of nitrogens with two attached hydrogens (primary N) is 1. The highest BCUT2D eigenvalue weighted by atomic mass is 16.1. The average molecular weight is 250 g/mol. The molecule has 18 heavy (non-hydrogen) atoms. The minimum absolute atomic E-state index is 0.172. The van der Waals surface area contributed by atoms with Crippen molar-refractivity contribution in [1.82, 2.24) is 15.5 Å². The quantitative estimate of drug-likeness (QED) is 0.765. The Labute approximate surface area is 108 Å². The van der Waals surface area contributed by atoms with E-state index in [1.54, 1.807) is 0 Å². The molecule has 0 spiro atoms. The fraction of sp³-hybridized carbons (Fsp3) is 0.692. The van der Waals surface area contributed by atoms with Crippen molar-refractivity contribution in [2.24, 2.45) is 11.8 Å². The minimum Gasteiger partial charge on any atom is -0.395 e. The Morgan fingerprint density at radius 1 is 1.50 bits per heavy atom. The summed E-state index contributed by atoms with van der Waals surface area (Å²) in [5.74, 6) is 1.11. The monoisotopic (exact) mass is 250 g/mol. The van der Waals surface area contributed by atoms with Crippen LogP contribution in [-0.4, -0.2) is 22.6 Å². The van der Waals surface area contributed by atoms with Crippen LogP contribution in [0.25, 0.3) is 0 Å². The van der Waals surface area contributed by atoms with Crippen LogP contribution in [0.1, 0.15) is 48.8 Å². The molecule has 1 aromatic rings. The summed E-state index contributed by atoms with van der Waals surface area (Å²) in [7, 11) is 0. The molecule has 5 heteroatoms. The smallest absolute Gasteiger partial charge is 0.273 e. The molecule has 0 radical (unpaired) electrons. The van der Waals surface area contributed by atoms with E-state index in [-0.39, 0.29) is 5.91 Å². The summed E-state index contributed by atoms with van der Waals surface area (Å²) in [4.78, 5) is 12.0. The number of H-pyrrole nitrogens is 1. The Hall–Kier alpha value is -1.52. The van der Waals surface area contributed by atoms with E-state index >= 15 is 0 Å². The van der Waals surface area contributed by atoms with Crippen molar-refractivity contribution in [2.75, 3.05) is 12.3 Å². The highest BCUT2D eigenvalue weighted by molar-refractivity contribution is 5.97. The van der Waals surface area contributed by atoms with E-state index in [9.17, 15) is 4.79 Å². The van der Waals surface area contributed by atoms with Crippen LogP contribution in [0.5, 0.6) is 0 Å². The predicted molar refractivity (Wildman–Crippen MR) is 71.2 cm³/mol. The van der Waals surface area contributed by atoms with E-state index in [0.29, 0.717) is 23.2 Å². The third-order valence-electron chi connectivity index (χ3n) is 4.02. The summed E-state index contributed by atoms with van der Waals surface area (Å²) >= 11 is 0. The van der Waals surface area contributed by atoms with Crippen molar-refractivity contribution in [2.45, 2.75) is 39.5 Å². The molecule has 0 saturated heterocycles. The molecule has 5 nitrogen and oxygen atoms in total. The molecule has 1 aromatic heterocycles. The number of nitrogens with zero attached hydrogens (tertiary/aromatic N) is 1. The topological polar surface area (TPSA) is 83.8 Å². The van der Waals surface area contributed by atoms with Crippen molar-refractivity contribution < 1.29 is 4.79 Å². The van der Waals surface area contributed by atoms with Gasteiger partial charge in [0.1, 0.15) is 0 Å². The molecule has 1 fully saturated rings. The third kappa shape index (κ3) is 2.66. The normalized spacial score (nSPS) is 23.9. The van der Waals surface area contributed by atoms with Gasteiger partial charge in [-0.2, -0.15) is 5.10 Å². The summed E-state index contributed by atoms with van der Waals surface area (Å²) in [5.41, 5.74) is 7.29. The van der Waals surface area contributed by atoms with Crippen LogP contribution in [0.4, 0.5) is 5.69 Å². The molecule has 2 rings (SSSR count). The van der Waals surface area contributed by atoms with Gasteiger partial charge >= 0.3 is 0 Å². The van der Waals surface area contributed by atoms with E-state index in [2.05, 4.69) is 22.4 Å². The van der Waals surface area contributed by atoms with Crippen LogP contribution in [0, 0.1) is 18.8 Å². The van der Waals surface area contributed by atoms with Crippen molar-refractivity contribution in [1.29, 1.82) is 0 Å². The van der Waals surface area contributed by atoms with Gasteiger partial charge in [-0.05, 0) is 25.2 Å². The molecule has 100 valence electrons. The largest absolute Gasteiger partial charge is 0.395 e. The highest BCUT2D eigenvalue weighted by Crippen LogP contribution is 2.28. The van der Waals surface area contributed by atoms with Crippen molar-refractivity contribution in [3.05, 3.63) is 11.4 Å². The van der Waals surface area contributed by atoms with E-state index in [1.807, 2.05) is 6.92 Å². The lowest BCUT2D eigenvalue weighted by Gasteiger charge is -2.28. The van der Waals surface area contributed by atoms with Gasteiger partial charge in [-0.1, -0.05) is 26.2 Å². The van der Waals surface area contributed by atoms with Crippen LogP contribution < -0.4 is 11.1 Å². The van der Waals surface area contributed by atoms with E-state index < -0.39 is 0 Å². The molecule has 0 aromatic carbocycles. The molecule has 0 bridgehead atoms. The zero-order valence-corrected chi connectivity index (χ0v) is 11.1. The first kappa shape index (κ1) is 12.9. The summed E-state index contributed by atoms with van der Waals surface area (Å²) < 4.78 is 0. The van der Waals surface area contributed by atoms with Gasteiger partial charge in [0.15, 0.2) is 5.69 Å². The number of rotatable bonds is 3. The third-order valence-corrected chi connectivity index (χ3v) is 4.02. The Morgan fingerprint density at radius 2 is 2.22 bits per heavy atom. The lowest BCUT2D eigenvalue weighted by molar-refractivity contribution is 0.0932. The maximum absolute atomic E-state index is 12.0. The van der Waals surface area contributed by atoms with Gasteiger partial charge < -0.3 is 11.1 Å². The first-order valence-corrected chi connectivity index (χ1v) is 6.68. The fourth-order valence-corrected chi connectivity index (χ4v) is 2.61. The first-order chi connectivity index (χ1) is 8.59. The van der Waals surface area contributed by atoms with Crippen LogP contribution in [0.3, 0.4) is 0 Å². The molecule has 1 amide bonds. The predicted octanol–water partition coefficient (Wildman–Crippen LogP) is 1.86. The number of carbonyl (C=O) groups excluding carboxylic acids is 1. The Kier molecular flexibility index (Phi) is 3.89. The maximum atomic E-state index is 12.0. The number of hydrogen-bond donors (Lipinski definition) is 3. The minimum atomic E-state index is -0.172. The molecule has 1 heterocycles. The number of amides is 1. The summed E-state index contributed by atoms with van der Waals surface area (Å²) in [5, 5.41) is 9.62. The van der Waals surface area contributed by atoms with Crippen LogP contribution >= 0.6 is 0 Å². The van der Waals surface area contributed by atoms with Crippen LogP contribution in [-0.2, 0) is 0 Å². The number of hydrogen-bond acceptors (Lipinski definition) is 3. The van der Waals surface area contributed by atoms with Crippen molar-refractivity contribution in [3.63, 3.8) is 0 Å². The molecular weight excluding hydrogens is 228 g/mol. The SMILES string of the molecule is Cc1[nH]nc(C(=O)NCC2CCCCC2C)c1N. The second kappa shape index (κ2) is 5.42. The van der Waals surface area contributed by atoms with E-state index in [0.717, 1.165) is 12.2 Å². The lowest BCUT2D eigenvalue weighted by Crippen LogP contribution is -2.33. The number of carbonyl (C=O) groups is 1. The fourth-order valence-electron chi connectivity index (χ4n) is 2.61. The molecule has 1 aliphatic carbocycles. The average Bonchev–Trinajstić information content (AvgIpc) is 2.69. The molecule has 4 N–H and O–H groups in total. The lowest BCUT2D eigenvalue weighted by atomic mass is 9.80. The van der Waals surface area contributed by atoms with E-state index in [1.165, 1.54) is 25.7 Å². The maximum Gasteiger partial charge on any atom is 0.273 e. The second-order valence-corrected chi connectivity index (χ2v) is 5.34. The van der Waals surface area contributed by atoms with E-state index in [4.69, 9.17) is 5.73 Å². The van der Waals surface area contributed by atoms with Crippen molar-refractivity contribution >= 4 is 11.6 Å². The molecule has 1 aliphatic rings. The van der Waals surface area contributed by atoms with Crippen LogP contribution in [0.2, 0.25) is 0 Å². The van der Waals surface area contributed by atoms with Gasteiger partial charge in [0.2, 0.25) is 0 Å². The second-order valence-electron chi connectivity index (χ2n) is 5.34. The first-order valence-electron chi connectivity index (χ1n) is 6.68. The highest BCUT2D eigenvalue weighted by Gasteiger charge is 2.23. The number of anilines is 1. The van der Waals surface area contributed by atoms with Gasteiger partial charge in [-0.15, -0.1) is 0 Å².